The fourth-order valence-corrected chi connectivity index (χ4v) is 2.23. The molecule has 0 saturated heterocycles. The van der Waals surface area contributed by atoms with Crippen molar-refractivity contribution in [3.8, 4) is 0 Å². The summed E-state index contributed by atoms with van der Waals surface area (Å²) < 4.78 is 15.4. The molecule has 2 heterocycles. The fourth-order valence-electron chi connectivity index (χ4n) is 2.23. The average molecular weight is 307 g/mol. The Morgan fingerprint density at radius 3 is 2.91 bits per heavy atom. The standard InChI is InChI=1S/C16H21NO5/c1-10(7-14(18)15-5-4-6-21-15)17-9-12-8-13(11(2)22-12)16(19)20-3/h4-6,8,10,14,17-18H,7,9H2,1-3H3. The zero-order chi connectivity index (χ0) is 16.1. The molecule has 2 aromatic heterocycles. The van der Waals surface area contributed by atoms with E-state index in [1.54, 1.807) is 25.1 Å². The molecule has 0 aliphatic carbocycles. The van der Waals surface area contributed by atoms with Crippen molar-refractivity contribution in [2.75, 3.05) is 7.11 Å². The molecule has 0 radical (unpaired) electrons. The molecule has 120 valence electrons. The van der Waals surface area contributed by atoms with Crippen LogP contribution in [-0.4, -0.2) is 24.2 Å². The van der Waals surface area contributed by atoms with Crippen LogP contribution in [0, 0.1) is 6.92 Å². The number of furan rings is 2. The Morgan fingerprint density at radius 1 is 1.50 bits per heavy atom. The van der Waals surface area contributed by atoms with Gasteiger partial charge in [0.15, 0.2) is 0 Å². The van der Waals surface area contributed by atoms with Crippen molar-refractivity contribution in [3.05, 3.63) is 47.3 Å². The van der Waals surface area contributed by atoms with Crippen molar-refractivity contribution >= 4 is 5.97 Å². The van der Waals surface area contributed by atoms with Crippen LogP contribution in [-0.2, 0) is 11.3 Å². The second kappa shape index (κ2) is 7.29. The van der Waals surface area contributed by atoms with Gasteiger partial charge in [-0.05, 0) is 38.5 Å². The highest BCUT2D eigenvalue weighted by Gasteiger charge is 2.17. The van der Waals surface area contributed by atoms with Gasteiger partial charge in [0.05, 0.1) is 19.9 Å². The maximum atomic E-state index is 11.5. The van der Waals surface area contributed by atoms with Gasteiger partial charge in [0.1, 0.15) is 28.9 Å². The zero-order valence-corrected chi connectivity index (χ0v) is 13.0. The van der Waals surface area contributed by atoms with Gasteiger partial charge in [-0.3, -0.25) is 0 Å². The summed E-state index contributed by atoms with van der Waals surface area (Å²) in [6.07, 6.45) is 1.40. The number of hydrogen-bond donors (Lipinski definition) is 2. The first-order chi connectivity index (χ1) is 10.5. The maximum Gasteiger partial charge on any atom is 0.341 e. The lowest BCUT2D eigenvalue weighted by atomic mass is 10.1. The normalized spacial score (nSPS) is 13.8. The third-order valence-electron chi connectivity index (χ3n) is 3.45. The summed E-state index contributed by atoms with van der Waals surface area (Å²) >= 11 is 0. The lowest BCUT2D eigenvalue weighted by molar-refractivity contribution is 0.0599. The highest BCUT2D eigenvalue weighted by molar-refractivity contribution is 5.90. The molecule has 0 saturated carbocycles. The third-order valence-corrected chi connectivity index (χ3v) is 3.45. The minimum Gasteiger partial charge on any atom is -0.467 e. The number of hydrogen-bond acceptors (Lipinski definition) is 6. The number of aliphatic hydroxyl groups is 1. The van der Waals surface area contributed by atoms with E-state index in [9.17, 15) is 9.90 Å². The minimum atomic E-state index is -0.651. The van der Waals surface area contributed by atoms with E-state index in [1.165, 1.54) is 13.4 Å². The molecule has 2 aromatic rings. The lowest BCUT2D eigenvalue weighted by Crippen LogP contribution is -2.27. The highest BCUT2D eigenvalue weighted by atomic mass is 16.5. The molecule has 0 aliphatic heterocycles. The average Bonchev–Trinajstić information content (AvgIpc) is 3.14. The Morgan fingerprint density at radius 2 is 2.27 bits per heavy atom. The summed E-state index contributed by atoms with van der Waals surface area (Å²) in [5.74, 6) is 1.33. The van der Waals surface area contributed by atoms with Gasteiger partial charge in [-0.25, -0.2) is 4.79 Å². The Balaban J connectivity index is 1.86. The summed E-state index contributed by atoms with van der Waals surface area (Å²) in [7, 11) is 1.34. The Hall–Kier alpha value is -2.05. The predicted molar refractivity (Wildman–Crippen MR) is 79.4 cm³/mol. The first-order valence-corrected chi connectivity index (χ1v) is 7.13. The van der Waals surface area contributed by atoms with E-state index in [0.29, 0.717) is 35.8 Å². The van der Waals surface area contributed by atoms with Crippen LogP contribution in [0.4, 0.5) is 0 Å². The molecule has 0 spiro atoms. The number of carbonyl (C=O) groups is 1. The molecule has 2 rings (SSSR count). The molecule has 6 heteroatoms. The molecule has 0 amide bonds. The van der Waals surface area contributed by atoms with Gasteiger partial charge >= 0.3 is 5.97 Å². The zero-order valence-electron chi connectivity index (χ0n) is 13.0. The second-order valence-corrected chi connectivity index (χ2v) is 5.22. The maximum absolute atomic E-state index is 11.5. The van der Waals surface area contributed by atoms with Crippen LogP contribution in [0.5, 0.6) is 0 Å². The molecule has 2 atom stereocenters. The van der Waals surface area contributed by atoms with E-state index < -0.39 is 12.1 Å². The van der Waals surface area contributed by atoms with Gasteiger partial charge < -0.3 is 24.0 Å². The van der Waals surface area contributed by atoms with E-state index in [0.717, 1.165) is 0 Å². The minimum absolute atomic E-state index is 0.0482. The Kier molecular flexibility index (Phi) is 5.41. The van der Waals surface area contributed by atoms with Crippen LogP contribution in [0.2, 0.25) is 0 Å². The van der Waals surface area contributed by atoms with Crippen molar-refractivity contribution in [3.63, 3.8) is 0 Å². The number of aryl methyl sites for hydroxylation is 1. The Labute approximate surface area is 129 Å². The molecule has 6 nitrogen and oxygen atoms in total. The molecule has 0 fully saturated rings. The third kappa shape index (κ3) is 3.99. The molecule has 0 aromatic carbocycles. The smallest absolute Gasteiger partial charge is 0.341 e. The molecule has 22 heavy (non-hydrogen) atoms. The van der Waals surface area contributed by atoms with Crippen molar-refractivity contribution in [1.29, 1.82) is 0 Å². The van der Waals surface area contributed by atoms with Crippen molar-refractivity contribution in [1.82, 2.24) is 5.32 Å². The van der Waals surface area contributed by atoms with Crippen molar-refractivity contribution < 1.29 is 23.5 Å². The number of ether oxygens (including phenoxy) is 1. The van der Waals surface area contributed by atoms with Crippen LogP contribution in [0.25, 0.3) is 0 Å². The molecule has 0 bridgehead atoms. The second-order valence-electron chi connectivity index (χ2n) is 5.22. The van der Waals surface area contributed by atoms with Crippen LogP contribution in [0.3, 0.4) is 0 Å². The number of esters is 1. The van der Waals surface area contributed by atoms with Crippen LogP contribution >= 0.6 is 0 Å². The van der Waals surface area contributed by atoms with E-state index in [2.05, 4.69) is 10.1 Å². The number of aliphatic hydroxyl groups excluding tert-OH is 1. The molecule has 0 aliphatic rings. The van der Waals surface area contributed by atoms with E-state index >= 15 is 0 Å². The lowest BCUT2D eigenvalue weighted by Gasteiger charge is -2.15. The molecular weight excluding hydrogens is 286 g/mol. The van der Waals surface area contributed by atoms with Crippen molar-refractivity contribution in [2.45, 2.75) is 39.0 Å². The van der Waals surface area contributed by atoms with E-state index in [1.807, 2.05) is 6.92 Å². The summed E-state index contributed by atoms with van der Waals surface area (Å²) in [6, 6.07) is 5.21. The molecule has 2 unspecified atom stereocenters. The molecule has 2 N–H and O–H groups in total. The molecular formula is C16H21NO5. The van der Waals surface area contributed by atoms with Crippen molar-refractivity contribution in [2.24, 2.45) is 0 Å². The van der Waals surface area contributed by atoms with Gasteiger partial charge in [-0.1, -0.05) is 0 Å². The number of rotatable bonds is 7. The van der Waals surface area contributed by atoms with Crippen LogP contribution in [0.1, 0.15) is 47.1 Å². The van der Waals surface area contributed by atoms with Gasteiger partial charge in [0, 0.05) is 6.04 Å². The number of carbonyl (C=O) groups excluding carboxylic acids is 1. The SMILES string of the molecule is COC(=O)c1cc(CNC(C)CC(O)c2ccco2)oc1C. The van der Waals surface area contributed by atoms with E-state index in [4.69, 9.17) is 8.83 Å². The van der Waals surface area contributed by atoms with Gasteiger partial charge in [-0.15, -0.1) is 0 Å². The quantitative estimate of drug-likeness (QED) is 0.765. The topological polar surface area (TPSA) is 84.8 Å². The summed E-state index contributed by atoms with van der Waals surface area (Å²) in [5, 5.41) is 13.3. The highest BCUT2D eigenvalue weighted by Crippen LogP contribution is 2.19. The largest absolute Gasteiger partial charge is 0.467 e. The van der Waals surface area contributed by atoms with E-state index in [-0.39, 0.29) is 6.04 Å². The van der Waals surface area contributed by atoms with Gasteiger partial charge in [0.25, 0.3) is 0 Å². The first-order valence-electron chi connectivity index (χ1n) is 7.13. The number of nitrogens with one attached hydrogen (secondary N) is 1. The first kappa shape index (κ1) is 16.3. The predicted octanol–water partition coefficient (Wildman–Crippen LogP) is 2.57. The monoisotopic (exact) mass is 307 g/mol. The van der Waals surface area contributed by atoms with Gasteiger partial charge in [-0.2, -0.15) is 0 Å². The summed E-state index contributed by atoms with van der Waals surface area (Å²) in [5.41, 5.74) is 0.433. The van der Waals surface area contributed by atoms with Crippen LogP contribution in [0.15, 0.2) is 33.3 Å². The fraction of sp³-hybridized carbons (Fsp3) is 0.438. The summed E-state index contributed by atoms with van der Waals surface area (Å²) in [6.45, 7) is 4.15. The van der Waals surface area contributed by atoms with Gasteiger partial charge in [0.2, 0.25) is 0 Å². The summed E-state index contributed by atoms with van der Waals surface area (Å²) in [4.78, 5) is 11.5. The Bertz CT molecular complexity index is 602. The number of methoxy groups -OCH3 is 1. The van der Waals surface area contributed by atoms with Crippen LogP contribution < -0.4 is 5.32 Å².